The Balaban J connectivity index is 1.33. The summed E-state index contributed by atoms with van der Waals surface area (Å²) < 4.78 is 43.3. The third kappa shape index (κ3) is 8.95. The summed E-state index contributed by atoms with van der Waals surface area (Å²) >= 11 is 0. The van der Waals surface area contributed by atoms with Crippen LogP contribution in [0.4, 0.5) is 8.78 Å². The molecule has 2 aromatic heterocycles. The van der Waals surface area contributed by atoms with Gasteiger partial charge in [0.15, 0.2) is 0 Å². The standard InChI is InChI=1S/C29H35F2NO5/c1-3-20(2)28(33)36-15-11-9-7-5-4-6-8-10-14-35-26-13-12-21-18-25(29(34)37-27(21)32-26)22-16-23(30)19-24(31)17-22/h12-13,16-20H,3-11,14-15H2,1-2H3. The zero-order valence-electron chi connectivity index (χ0n) is 21.6. The van der Waals surface area contributed by atoms with Crippen LogP contribution in [0.5, 0.6) is 5.88 Å². The number of unbranched alkanes of at least 4 members (excludes halogenated alkanes) is 7. The van der Waals surface area contributed by atoms with E-state index in [1.54, 1.807) is 12.1 Å². The number of nitrogens with zero attached hydrogens (tertiary/aromatic N) is 1. The lowest BCUT2D eigenvalue weighted by Gasteiger charge is -2.09. The van der Waals surface area contributed by atoms with Crippen molar-refractivity contribution in [2.75, 3.05) is 13.2 Å². The molecule has 200 valence electrons. The summed E-state index contributed by atoms with van der Waals surface area (Å²) in [5.41, 5.74) is -0.450. The Kier molecular flexibility index (Phi) is 11.0. The molecule has 0 N–H and O–H groups in total. The fourth-order valence-electron chi connectivity index (χ4n) is 3.90. The van der Waals surface area contributed by atoms with Crippen LogP contribution in [-0.2, 0) is 9.53 Å². The first-order chi connectivity index (χ1) is 17.9. The molecule has 8 heteroatoms. The Hall–Kier alpha value is -3.29. The number of aromatic nitrogens is 1. The Labute approximate surface area is 216 Å². The van der Waals surface area contributed by atoms with Crippen LogP contribution in [-0.4, -0.2) is 24.2 Å². The number of halogens is 2. The highest BCUT2D eigenvalue weighted by atomic mass is 19.1. The lowest BCUT2D eigenvalue weighted by molar-refractivity contribution is -0.148. The molecule has 6 nitrogen and oxygen atoms in total. The van der Waals surface area contributed by atoms with Gasteiger partial charge in [0.25, 0.3) is 0 Å². The fraction of sp³-hybridized carbons (Fsp3) is 0.483. The van der Waals surface area contributed by atoms with Crippen molar-refractivity contribution in [1.29, 1.82) is 0 Å². The van der Waals surface area contributed by atoms with Gasteiger partial charge in [-0.2, -0.15) is 4.98 Å². The minimum atomic E-state index is -0.770. The van der Waals surface area contributed by atoms with E-state index >= 15 is 0 Å². The van der Waals surface area contributed by atoms with E-state index in [-0.39, 0.29) is 28.7 Å². The van der Waals surface area contributed by atoms with Gasteiger partial charge >= 0.3 is 11.6 Å². The van der Waals surface area contributed by atoms with Gasteiger partial charge in [0.05, 0.1) is 24.7 Å². The van der Waals surface area contributed by atoms with Gasteiger partial charge in [-0.05, 0) is 49.1 Å². The zero-order valence-corrected chi connectivity index (χ0v) is 21.6. The molecule has 0 fully saturated rings. The van der Waals surface area contributed by atoms with Crippen molar-refractivity contribution in [3.63, 3.8) is 0 Å². The van der Waals surface area contributed by atoms with E-state index in [1.807, 2.05) is 13.8 Å². The smallest absolute Gasteiger partial charge is 0.345 e. The van der Waals surface area contributed by atoms with Crippen molar-refractivity contribution in [2.45, 2.75) is 71.6 Å². The van der Waals surface area contributed by atoms with Crippen LogP contribution >= 0.6 is 0 Å². The minimum absolute atomic E-state index is 0.0174. The summed E-state index contributed by atoms with van der Waals surface area (Å²) in [5.74, 6) is -1.30. The van der Waals surface area contributed by atoms with E-state index in [0.717, 1.165) is 76.0 Å². The lowest BCUT2D eigenvalue weighted by Crippen LogP contribution is -2.14. The third-order valence-corrected chi connectivity index (χ3v) is 6.29. The first-order valence-corrected chi connectivity index (χ1v) is 13.1. The predicted molar refractivity (Wildman–Crippen MR) is 138 cm³/mol. The van der Waals surface area contributed by atoms with E-state index in [1.165, 1.54) is 6.07 Å². The van der Waals surface area contributed by atoms with E-state index in [9.17, 15) is 18.4 Å². The van der Waals surface area contributed by atoms with Crippen LogP contribution in [0.25, 0.3) is 22.2 Å². The number of fused-ring (bicyclic) bond motifs is 1. The fourth-order valence-corrected chi connectivity index (χ4v) is 3.90. The van der Waals surface area contributed by atoms with Gasteiger partial charge in [-0.1, -0.05) is 52.4 Å². The highest BCUT2D eigenvalue weighted by Crippen LogP contribution is 2.23. The maximum Gasteiger partial charge on any atom is 0.345 e. The second kappa shape index (κ2) is 14.4. The predicted octanol–water partition coefficient (Wildman–Crippen LogP) is 7.22. The molecular weight excluding hydrogens is 480 g/mol. The van der Waals surface area contributed by atoms with Crippen molar-refractivity contribution >= 4 is 17.1 Å². The minimum Gasteiger partial charge on any atom is -0.478 e. The van der Waals surface area contributed by atoms with Crippen molar-refractivity contribution < 1.29 is 27.5 Å². The molecule has 0 spiro atoms. The Morgan fingerprint density at radius 2 is 1.54 bits per heavy atom. The maximum atomic E-state index is 13.5. The summed E-state index contributed by atoms with van der Waals surface area (Å²) in [6.45, 7) is 4.89. The van der Waals surface area contributed by atoms with Crippen molar-refractivity contribution in [2.24, 2.45) is 5.92 Å². The average Bonchev–Trinajstić information content (AvgIpc) is 2.87. The normalized spacial score (nSPS) is 12.0. The summed E-state index contributed by atoms with van der Waals surface area (Å²) in [5, 5.41) is 0.528. The van der Waals surface area contributed by atoms with Gasteiger partial charge in [-0.25, -0.2) is 13.6 Å². The molecule has 3 rings (SSSR count). The quantitative estimate of drug-likeness (QED) is 0.157. The van der Waals surface area contributed by atoms with Crippen LogP contribution in [0.1, 0.15) is 71.6 Å². The molecule has 2 heterocycles. The van der Waals surface area contributed by atoms with Crippen LogP contribution in [0.2, 0.25) is 0 Å². The highest BCUT2D eigenvalue weighted by molar-refractivity contribution is 5.79. The van der Waals surface area contributed by atoms with Crippen molar-refractivity contribution in [3.05, 3.63) is 58.5 Å². The summed E-state index contributed by atoms with van der Waals surface area (Å²) in [4.78, 5) is 28.2. The zero-order chi connectivity index (χ0) is 26.6. The Bertz CT molecular complexity index is 1210. The number of carbonyl (C=O) groups excluding carboxylic acids is 1. The summed E-state index contributed by atoms with van der Waals surface area (Å²) in [7, 11) is 0. The van der Waals surface area contributed by atoms with E-state index < -0.39 is 17.3 Å². The number of ether oxygens (including phenoxy) is 2. The molecule has 1 atom stereocenters. The van der Waals surface area contributed by atoms with Gasteiger partial charge in [0, 0.05) is 17.5 Å². The number of rotatable bonds is 15. The average molecular weight is 516 g/mol. The van der Waals surface area contributed by atoms with Gasteiger partial charge in [0.2, 0.25) is 11.6 Å². The first kappa shape index (κ1) is 28.3. The number of pyridine rings is 1. The molecule has 0 aliphatic carbocycles. The molecule has 0 amide bonds. The summed E-state index contributed by atoms with van der Waals surface area (Å²) in [6.07, 6.45) is 9.31. The molecule has 0 saturated carbocycles. The van der Waals surface area contributed by atoms with Crippen LogP contribution in [0.15, 0.2) is 45.6 Å². The molecule has 3 aromatic rings. The SMILES string of the molecule is CCC(C)C(=O)OCCCCCCCCCCOc1ccc2cc(-c3cc(F)cc(F)c3)c(=O)oc2n1. The van der Waals surface area contributed by atoms with Crippen LogP contribution < -0.4 is 10.4 Å². The number of hydrogen-bond donors (Lipinski definition) is 0. The first-order valence-electron chi connectivity index (χ1n) is 13.1. The second-order valence-corrected chi connectivity index (χ2v) is 9.30. The van der Waals surface area contributed by atoms with Crippen LogP contribution in [0, 0.1) is 17.6 Å². The van der Waals surface area contributed by atoms with Crippen molar-refractivity contribution in [1.82, 2.24) is 4.98 Å². The molecular formula is C29H35F2NO5. The van der Waals surface area contributed by atoms with Gasteiger partial charge in [-0.15, -0.1) is 0 Å². The second-order valence-electron chi connectivity index (χ2n) is 9.30. The monoisotopic (exact) mass is 515 g/mol. The number of esters is 1. The maximum absolute atomic E-state index is 13.5. The van der Waals surface area contributed by atoms with E-state index in [0.29, 0.717) is 24.5 Å². The van der Waals surface area contributed by atoms with Gasteiger partial charge in [0.1, 0.15) is 11.6 Å². The molecule has 0 aliphatic heterocycles. The number of benzene rings is 1. The largest absolute Gasteiger partial charge is 0.478 e. The van der Waals surface area contributed by atoms with Crippen molar-refractivity contribution in [3.8, 4) is 17.0 Å². The number of hydrogen-bond acceptors (Lipinski definition) is 6. The van der Waals surface area contributed by atoms with E-state index in [2.05, 4.69) is 4.98 Å². The molecule has 0 radical (unpaired) electrons. The molecule has 1 aromatic carbocycles. The molecule has 1 unspecified atom stereocenters. The molecule has 0 aliphatic rings. The summed E-state index contributed by atoms with van der Waals surface area (Å²) in [6, 6.07) is 7.80. The highest BCUT2D eigenvalue weighted by Gasteiger charge is 2.12. The Morgan fingerprint density at radius 1 is 0.919 bits per heavy atom. The number of carbonyl (C=O) groups is 1. The molecule has 37 heavy (non-hydrogen) atoms. The Morgan fingerprint density at radius 3 is 2.19 bits per heavy atom. The van der Waals surface area contributed by atoms with Crippen LogP contribution in [0.3, 0.4) is 0 Å². The van der Waals surface area contributed by atoms with E-state index in [4.69, 9.17) is 13.9 Å². The van der Waals surface area contributed by atoms with Gasteiger partial charge in [-0.3, -0.25) is 4.79 Å². The molecule has 0 saturated heterocycles. The molecule has 0 bridgehead atoms. The lowest BCUT2D eigenvalue weighted by atomic mass is 10.1. The topological polar surface area (TPSA) is 78.6 Å². The third-order valence-electron chi connectivity index (χ3n) is 6.29. The van der Waals surface area contributed by atoms with Gasteiger partial charge < -0.3 is 13.9 Å².